The summed E-state index contributed by atoms with van der Waals surface area (Å²) < 4.78 is 5.15. The number of hydrogen-bond donors (Lipinski definition) is 0. The fourth-order valence-electron chi connectivity index (χ4n) is 3.00. The maximum Gasteiger partial charge on any atom is 0.338 e. The fraction of sp³-hybridized carbons (Fsp3) is 0.353. The van der Waals surface area contributed by atoms with Gasteiger partial charge in [0.2, 0.25) is 5.91 Å². The molecule has 0 unspecified atom stereocenters. The minimum atomic E-state index is -0.800. The zero-order valence-electron chi connectivity index (χ0n) is 14.5. The summed E-state index contributed by atoms with van der Waals surface area (Å²) in [4.78, 5) is 41.7. The molecule has 0 saturated carbocycles. The molecule has 0 radical (unpaired) electrons. The third kappa shape index (κ3) is 2.98. The lowest BCUT2D eigenvalue weighted by Gasteiger charge is -2.32. The third-order valence-corrected chi connectivity index (χ3v) is 5.20. The van der Waals surface area contributed by atoms with Gasteiger partial charge in [0.15, 0.2) is 5.17 Å². The van der Waals surface area contributed by atoms with E-state index < -0.39 is 16.9 Å². The smallest absolute Gasteiger partial charge is 0.338 e. The second-order valence-electron chi connectivity index (χ2n) is 5.84. The molecule has 2 aliphatic heterocycles. The van der Waals surface area contributed by atoms with Gasteiger partial charge in [-0.1, -0.05) is 23.9 Å². The van der Waals surface area contributed by atoms with Gasteiger partial charge < -0.3 is 4.74 Å². The summed E-state index contributed by atoms with van der Waals surface area (Å²) >= 11 is 1.30. The second kappa shape index (κ2) is 6.91. The Morgan fingerprint density at radius 1 is 1.46 bits per heavy atom. The summed E-state index contributed by atoms with van der Waals surface area (Å²) in [6.07, 6.45) is 0. The second-order valence-corrected chi connectivity index (χ2v) is 7.14. The number of carbonyl (C=O) groups excluding carboxylic acids is 2. The lowest BCUT2D eigenvalue weighted by Crippen LogP contribution is -2.40. The van der Waals surface area contributed by atoms with Crippen molar-refractivity contribution in [3.8, 4) is 0 Å². The molecule has 0 bridgehead atoms. The highest BCUT2D eigenvalue weighted by atomic mass is 32.2. The zero-order chi connectivity index (χ0) is 19.0. The first-order valence-corrected chi connectivity index (χ1v) is 8.93. The molecular weight excluding hydrogens is 358 g/mol. The van der Waals surface area contributed by atoms with Crippen LogP contribution < -0.4 is 0 Å². The number of carbonyl (C=O) groups is 2. The van der Waals surface area contributed by atoms with Crippen molar-refractivity contribution in [3.05, 3.63) is 51.2 Å². The number of ether oxygens (including phenoxy) is 1. The topological polar surface area (TPSA) is 102 Å². The van der Waals surface area contributed by atoms with Crippen LogP contribution in [0.3, 0.4) is 0 Å². The molecule has 1 aromatic rings. The van der Waals surface area contributed by atoms with Crippen molar-refractivity contribution in [3.63, 3.8) is 0 Å². The van der Waals surface area contributed by atoms with E-state index in [1.165, 1.54) is 34.9 Å². The highest BCUT2D eigenvalue weighted by Gasteiger charge is 2.46. The molecule has 8 nitrogen and oxygen atoms in total. The number of fused-ring (bicyclic) bond motifs is 1. The van der Waals surface area contributed by atoms with Crippen molar-refractivity contribution >= 4 is 34.5 Å². The maximum atomic E-state index is 12.7. The molecular formula is C17H17N3O5S. The van der Waals surface area contributed by atoms with Gasteiger partial charge in [0.1, 0.15) is 0 Å². The summed E-state index contributed by atoms with van der Waals surface area (Å²) in [6, 6.07) is 5.14. The van der Waals surface area contributed by atoms with Crippen LogP contribution in [0.2, 0.25) is 0 Å². The van der Waals surface area contributed by atoms with Crippen LogP contribution in [0.25, 0.3) is 0 Å². The van der Waals surface area contributed by atoms with Crippen LogP contribution >= 0.6 is 11.8 Å². The van der Waals surface area contributed by atoms with Gasteiger partial charge in [-0.25, -0.2) is 9.79 Å². The van der Waals surface area contributed by atoms with E-state index in [0.717, 1.165) is 0 Å². The van der Waals surface area contributed by atoms with Crippen molar-refractivity contribution < 1.29 is 19.2 Å². The van der Waals surface area contributed by atoms with Crippen LogP contribution in [0.15, 0.2) is 40.5 Å². The van der Waals surface area contributed by atoms with Gasteiger partial charge in [-0.05, 0) is 26.3 Å². The molecule has 0 spiro atoms. The summed E-state index contributed by atoms with van der Waals surface area (Å²) in [7, 11) is 0. The van der Waals surface area contributed by atoms with E-state index >= 15 is 0 Å². The Bertz CT molecular complexity index is 864. The average molecular weight is 375 g/mol. The Balaban J connectivity index is 2.17. The first kappa shape index (κ1) is 18.1. The number of hydrogen-bond acceptors (Lipinski definition) is 7. The summed E-state index contributed by atoms with van der Waals surface area (Å²) in [6.45, 7) is 5.30. The lowest BCUT2D eigenvalue weighted by molar-refractivity contribution is -0.384. The lowest BCUT2D eigenvalue weighted by atomic mass is 9.94. The Morgan fingerprint density at radius 2 is 2.19 bits per heavy atom. The molecule has 2 atom stereocenters. The number of nitrogens with zero attached hydrogens (tertiary/aromatic N) is 3. The molecule has 1 amide bonds. The average Bonchev–Trinajstić information content (AvgIpc) is 2.87. The normalized spacial score (nSPS) is 22.2. The number of thioether (sulfide) groups is 1. The van der Waals surface area contributed by atoms with E-state index in [0.29, 0.717) is 16.4 Å². The van der Waals surface area contributed by atoms with Crippen molar-refractivity contribution in [1.82, 2.24) is 4.90 Å². The van der Waals surface area contributed by atoms with Gasteiger partial charge in [-0.15, -0.1) is 0 Å². The number of allylic oxidation sites excluding steroid dienone is 1. The molecule has 136 valence electrons. The molecule has 2 heterocycles. The number of amidine groups is 1. The van der Waals surface area contributed by atoms with Gasteiger partial charge >= 0.3 is 5.97 Å². The van der Waals surface area contributed by atoms with E-state index in [1.807, 2.05) is 0 Å². The predicted molar refractivity (Wildman–Crippen MR) is 96.5 cm³/mol. The van der Waals surface area contributed by atoms with Crippen molar-refractivity contribution in [2.75, 3.05) is 6.61 Å². The SMILES string of the molecule is CCOC(=O)C1=C(C)N=C2S[C@@H](C)C(=O)N2[C@@H]1c1cccc([N+](=O)[O-])c1. The Hall–Kier alpha value is -2.68. The summed E-state index contributed by atoms with van der Waals surface area (Å²) in [5.74, 6) is -0.777. The van der Waals surface area contributed by atoms with Gasteiger partial charge in [0.25, 0.3) is 5.69 Å². The Labute approximate surface area is 154 Å². The standard InChI is InChI=1S/C17H17N3O5S/c1-4-25-16(22)13-9(2)18-17-19(15(21)10(3)26-17)14(13)11-6-5-7-12(8-11)20(23)24/h5-8,10,14H,4H2,1-3H3/t10-,14+/m0/s1. The highest BCUT2D eigenvalue weighted by molar-refractivity contribution is 8.15. The molecule has 1 aromatic carbocycles. The predicted octanol–water partition coefficient (Wildman–Crippen LogP) is 2.81. The number of benzene rings is 1. The van der Waals surface area contributed by atoms with Gasteiger partial charge in [-0.2, -0.15) is 0 Å². The molecule has 1 fully saturated rings. The number of rotatable bonds is 4. The highest BCUT2D eigenvalue weighted by Crippen LogP contribution is 2.43. The van der Waals surface area contributed by atoms with E-state index in [4.69, 9.17) is 4.74 Å². The van der Waals surface area contributed by atoms with Crippen molar-refractivity contribution in [2.45, 2.75) is 32.1 Å². The van der Waals surface area contributed by atoms with E-state index in [9.17, 15) is 19.7 Å². The van der Waals surface area contributed by atoms with Gasteiger partial charge in [-0.3, -0.25) is 19.8 Å². The van der Waals surface area contributed by atoms with Crippen LogP contribution in [0.1, 0.15) is 32.4 Å². The minimum absolute atomic E-state index is 0.111. The number of amides is 1. The molecule has 0 aliphatic carbocycles. The first-order valence-electron chi connectivity index (χ1n) is 8.05. The van der Waals surface area contributed by atoms with Crippen LogP contribution in [-0.2, 0) is 14.3 Å². The van der Waals surface area contributed by atoms with Gasteiger partial charge in [0.05, 0.1) is 34.1 Å². The molecule has 9 heteroatoms. The first-order chi connectivity index (χ1) is 12.3. The van der Waals surface area contributed by atoms with Crippen LogP contribution in [0.5, 0.6) is 0 Å². The maximum absolute atomic E-state index is 12.7. The van der Waals surface area contributed by atoms with E-state index in [1.54, 1.807) is 26.8 Å². The van der Waals surface area contributed by atoms with Crippen molar-refractivity contribution in [1.29, 1.82) is 0 Å². The quantitative estimate of drug-likeness (QED) is 0.455. The Kier molecular flexibility index (Phi) is 4.82. The molecule has 26 heavy (non-hydrogen) atoms. The molecule has 3 rings (SSSR count). The molecule has 0 N–H and O–H groups in total. The number of nitro benzene ring substituents is 1. The minimum Gasteiger partial charge on any atom is -0.463 e. The van der Waals surface area contributed by atoms with Crippen LogP contribution in [0, 0.1) is 10.1 Å². The number of esters is 1. The van der Waals surface area contributed by atoms with E-state index in [2.05, 4.69) is 4.99 Å². The summed E-state index contributed by atoms with van der Waals surface area (Å²) in [5, 5.41) is 11.3. The Morgan fingerprint density at radius 3 is 2.85 bits per heavy atom. The molecule has 2 aliphatic rings. The molecule has 0 aromatic heterocycles. The number of non-ortho nitro benzene ring substituents is 1. The number of aliphatic imine (C=N–C) groups is 1. The van der Waals surface area contributed by atoms with E-state index in [-0.39, 0.29) is 29.0 Å². The number of nitro groups is 1. The van der Waals surface area contributed by atoms with Crippen molar-refractivity contribution in [2.24, 2.45) is 4.99 Å². The zero-order valence-corrected chi connectivity index (χ0v) is 15.3. The fourth-order valence-corrected chi connectivity index (χ4v) is 4.03. The third-order valence-electron chi connectivity index (χ3n) is 4.15. The largest absolute Gasteiger partial charge is 0.463 e. The van der Waals surface area contributed by atoms with Crippen LogP contribution in [0.4, 0.5) is 5.69 Å². The molecule has 1 saturated heterocycles. The summed E-state index contributed by atoms with van der Waals surface area (Å²) in [5.41, 5.74) is 1.02. The monoisotopic (exact) mass is 375 g/mol. The van der Waals surface area contributed by atoms with Crippen LogP contribution in [-0.4, -0.2) is 38.7 Å². The van der Waals surface area contributed by atoms with Gasteiger partial charge in [0, 0.05) is 12.1 Å².